The minimum absolute atomic E-state index is 0.00601. The highest BCUT2D eigenvalue weighted by Gasteiger charge is 2.34. The molecule has 1 aliphatic heterocycles. The maximum absolute atomic E-state index is 13.6. The molecule has 1 heterocycles. The van der Waals surface area contributed by atoms with Gasteiger partial charge < -0.3 is 4.90 Å². The quantitative estimate of drug-likeness (QED) is 0.805. The Morgan fingerprint density at radius 3 is 2.78 bits per heavy atom. The second-order valence-electron chi connectivity index (χ2n) is 4.89. The van der Waals surface area contributed by atoms with E-state index in [0.29, 0.717) is 18.0 Å². The highest BCUT2D eigenvalue weighted by Crippen LogP contribution is 2.31. The van der Waals surface area contributed by atoms with Gasteiger partial charge in [-0.1, -0.05) is 13.8 Å². The van der Waals surface area contributed by atoms with Gasteiger partial charge in [0.2, 0.25) is 5.91 Å². The van der Waals surface area contributed by atoms with E-state index in [-0.39, 0.29) is 17.5 Å². The molecule has 3 nitrogen and oxygen atoms in total. The number of nitrogens with zero attached hydrogens (tertiary/aromatic N) is 2. The fourth-order valence-electron chi connectivity index (χ4n) is 2.42. The van der Waals surface area contributed by atoms with E-state index in [2.05, 4.69) is 13.8 Å². The summed E-state index contributed by atoms with van der Waals surface area (Å²) in [5.41, 5.74) is 0.555. The highest BCUT2D eigenvalue weighted by atomic mass is 19.1. The van der Waals surface area contributed by atoms with E-state index < -0.39 is 5.82 Å². The van der Waals surface area contributed by atoms with Gasteiger partial charge in [-0.05, 0) is 30.5 Å². The van der Waals surface area contributed by atoms with Crippen LogP contribution in [0.15, 0.2) is 18.2 Å². The van der Waals surface area contributed by atoms with E-state index in [0.717, 1.165) is 6.42 Å². The third kappa shape index (κ3) is 2.08. The fraction of sp³-hybridized carbons (Fsp3) is 0.429. The molecular formula is C14H15FN2O. The maximum atomic E-state index is 13.6. The molecule has 0 radical (unpaired) electrons. The number of nitriles is 1. The predicted octanol–water partition coefficient (Wildman–Crippen LogP) is 2.85. The van der Waals surface area contributed by atoms with Crippen LogP contribution in [-0.4, -0.2) is 11.9 Å². The molecule has 1 saturated heterocycles. The molecule has 18 heavy (non-hydrogen) atoms. The third-order valence-electron chi connectivity index (χ3n) is 3.38. The summed E-state index contributed by atoms with van der Waals surface area (Å²) in [5, 5.41) is 8.70. The summed E-state index contributed by atoms with van der Waals surface area (Å²) in [5.74, 6) is -0.217. The van der Waals surface area contributed by atoms with Crippen LogP contribution in [0.5, 0.6) is 0 Å². The van der Waals surface area contributed by atoms with Crippen molar-refractivity contribution in [3.63, 3.8) is 0 Å². The van der Waals surface area contributed by atoms with Gasteiger partial charge in [0, 0.05) is 18.2 Å². The smallest absolute Gasteiger partial charge is 0.227 e. The number of anilines is 1. The third-order valence-corrected chi connectivity index (χ3v) is 3.38. The first-order valence-corrected chi connectivity index (χ1v) is 6.06. The van der Waals surface area contributed by atoms with Gasteiger partial charge in [0.25, 0.3) is 0 Å². The normalized spacial score (nSPS) is 19.4. The van der Waals surface area contributed by atoms with Crippen molar-refractivity contribution < 1.29 is 9.18 Å². The van der Waals surface area contributed by atoms with Crippen LogP contribution in [0.2, 0.25) is 0 Å². The van der Waals surface area contributed by atoms with E-state index in [9.17, 15) is 9.18 Å². The van der Waals surface area contributed by atoms with Gasteiger partial charge in [0.05, 0.1) is 5.56 Å². The zero-order chi connectivity index (χ0) is 13.3. The van der Waals surface area contributed by atoms with Gasteiger partial charge in [-0.15, -0.1) is 0 Å². The van der Waals surface area contributed by atoms with Crippen molar-refractivity contribution in [2.45, 2.75) is 32.7 Å². The van der Waals surface area contributed by atoms with Crippen LogP contribution in [0, 0.1) is 23.1 Å². The van der Waals surface area contributed by atoms with E-state index in [1.165, 1.54) is 12.1 Å². The first-order chi connectivity index (χ1) is 8.54. The summed E-state index contributed by atoms with van der Waals surface area (Å²) in [6.45, 7) is 4.10. The first-order valence-electron chi connectivity index (χ1n) is 6.06. The zero-order valence-electron chi connectivity index (χ0n) is 10.5. The molecule has 1 aromatic carbocycles. The Morgan fingerprint density at radius 2 is 2.22 bits per heavy atom. The van der Waals surface area contributed by atoms with Gasteiger partial charge >= 0.3 is 0 Å². The molecule has 2 rings (SSSR count). The summed E-state index contributed by atoms with van der Waals surface area (Å²) in [7, 11) is 0. The van der Waals surface area contributed by atoms with Gasteiger partial charge in [0.1, 0.15) is 11.9 Å². The summed E-state index contributed by atoms with van der Waals surface area (Å²) in [6.07, 6.45) is 1.31. The molecule has 1 unspecified atom stereocenters. The molecule has 1 amide bonds. The van der Waals surface area contributed by atoms with Crippen LogP contribution in [0.4, 0.5) is 10.1 Å². The topological polar surface area (TPSA) is 44.1 Å². The number of rotatable bonds is 2. The number of carbonyl (C=O) groups is 1. The minimum Gasteiger partial charge on any atom is -0.309 e. The summed E-state index contributed by atoms with van der Waals surface area (Å²) in [4.78, 5) is 13.6. The van der Waals surface area contributed by atoms with Gasteiger partial charge in [-0.25, -0.2) is 4.39 Å². The van der Waals surface area contributed by atoms with Gasteiger partial charge in [0.15, 0.2) is 0 Å². The van der Waals surface area contributed by atoms with Crippen molar-refractivity contribution in [2.75, 3.05) is 4.90 Å². The molecule has 1 aromatic rings. The van der Waals surface area contributed by atoms with Crippen LogP contribution in [0.25, 0.3) is 0 Å². The molecule has 1 fully saturated rings. The van der Waals surface area contributed by atoms with Crippen molar-refractivity contribution >= 4 is 11.6 Å². The zero-order valence-corrected chi connectivity index (χ0v) is 10.5. The van der Waals surface area contributed by atoms with Gasteiger partial charge in [-0.3, -0.25) is 4.79 Å². The van der Waals surface area contributed by atoms with Crippen molar-refractivity contribution in [2.24, 2.45) is 5.92 Å². The Labute approximate surface area is 106 Å². The highest BCUT2D eigenvalue weighted by molar-refractivity contribution is 5.96. The number of hydrogen-bond acceptors (Lipinski definition) is 2. The molecule has 0 saturated carbocycles. The van der Waals surface area contributed by atoms with E-state index in [1.54, 1.807) is 17.0 Å². The number of benzene rings is 1. The average molecular weight is 246 g/mol. The van der Waals surface area contributed by atoms with Crippen molar-refractivity contribution in [3.8, 4) is 6.07 Å². The Hall–Kier alpha value is -1.89. The second-order valence-corrected chi connectivity index (χ2v) is 4.89. The Bertz CT molecular complexity index is 519. The van der Waals surface area contributed by atoms with E-state index >= 15 is 0 Å². The van der Waals surface area contributed by atoms with Crippen LogP contribution < -0.4 is 4.90 Å². The largest absolute Gasteiger partial charge is 0.309 e. The number of halogens is 1. The molecule has 0 N–H and O–H groups in total. The molecule has 94 valence electrons. The lowest BCUT2D eigenvalue weighted by atomic mass is 10.0. The fourth-order valence-corrected chi connectivity index (χ4v) is 2.42. The van der Waals surface area contributed by atoms with Crippen LogP contribution in [0.1, 0.15) is 32.3 Å². The molecule has 0 aromatic heterocycles. The van der Waals surface area contributed by atoms with Crippen molar-refractivity contribution in [1.29, 1.82) is 5.26 Å². The van der Waals surface area contributed by atoms with Crippen LogP contribution >= 0.6 is 0 Å². The molecule has 0 bridgehead atoms. The Kier molecular flexibility index (Phi) is 3.33. The molecular weight excluding hydrogens is 231 g/mol. The second kappa shape index (κ2) is 4.77. The number of hydrogen-bond donors (Lipinski definition) is 0. The first kappa shape index (κ1) is 12.6. The molecule has 4 heteroatoms. The molecule has 1 atom stereocenters. The molecule has 0 spiro atoms. The lowest BCUT2D eigenvalue weighted by Crippen LogP contribution is -2.36. The number of carbonyl (C=O) groups excluding carboxylic acids is 1. The Morgan fingerprint density at radius 1 is 1.50 bits per heavy atom. The number of amides is 1. The summed E-state index contributed by atoms with van der Waals surface area (Å²) < 4.78 is 13.6. The lowest BCUT2D eigenvalue weighted by molar-refractivity contribution is -0.117. The standard InChI is InChI=1S/C14H15FN2O/c1-9(2)13-5-6-14(18)17(13)11-4-3-10(8-16)12(15)7-11/h3-4,7,9,13H,5-6H2,1-2H3. The maximum Gasteiger partial charge on any atom is 0.227 e. The SMILES string of the molecule is CC(C)C1CCC(=O)N1c1ccc(C#N)c(F)c1. The average Bonchev–Trinajstić information content (AvgIpc) is 2.71. The molecule has 1 aliphatic rings. The van der Waals surface area contributed by atoms with Crippen molar-refractivity contribution in [1.82, 2.24) is 0 Å². The van der Waals surface area contributed by atoms with Crippen LogP contribution in [0.3, 0.4) is 0 Å². The van der Waals surface area contributed by atoms with Crippen molar-refractivity contribution in [3.05, 3.63) is 29.6 Å². The summed E-state index contributed by atoms with van der Waals surface area (Å²) >= 11 is 0. The Balaban J connectivity index is 2.38. The van der Waals surface area contributed by atoms with Gasteiger partial charge in [-0.2, -0.15) is 5.26 Å². The summed E-state index contributed by atoms with van der Waals surface area (Å²) in [6, 6.07) is 6.23. The van der Waals surface area contributed by atoms with E-state index in [1.807, 2.05) is 0 Å². The lowest BCUT2D eigenvalue weighted by Gasteiger charge is -2.27. The molecule has 0 aliphatic carbocycles. The monoisotopic (exact) mass is 246 g/mol. The minimum atomic E-state index is -0.572. The van der Waals surface area contributed by atoms with Crippen LogP contribution in [-0.2, 0) is 4.79 Å². The predicted molar refractivity (Wildman–Crippen MR) is 66.5 cm³/mol. The van der Waals surface area contributed by atoms with E-state index in [4.69, 9.17) is 5.26 Å².